The molecule has 1 aliphatic rings. The van der Waals surface area contributed by atoms with E-state index in [2.05, 4.69) is 46.6 Å². The molecule has 8 heteroatoms. The summed E-state index contributed by atoms with van der Waals surface area (Å²) in [5.41, 5.74) is 2.08. The minimum Gasteiger partial charge on any atom is -0.379 e. The molecule has 2 heterocycles. The summed E-state index contributed by atoms with van der Waals surface area (Å²) in [4.78, 5) is 6.82. The Kier molecular flexibility index (Phi) is 5.95. The monoisotopic (exact) mass is 392 g/mol. The molecular weight excluding hydrogens is 372 g/mol. The average molecular weight is 393 g/mol. The van der Waals surface area contributed by atoms with Crippen molar-refractivity contribution in [3.63, 3.8) is 0 Å². The molecule has 0 aliphatic carbocycles. The number of ether oxygens (including phenoxy) is 1. The van der Waals surface area contributed by atoms with Crippen LogP contribution >= 0.6 is 15.9 Å². The molecule has 1 fully saturated rings. The maximum atomic E-state index is 5.35. The van der Waals surface area contributed by atoms with Crippen LogP contribution in [0.2, 0.25) is 0 Å². The van der Waals surface area contributed by atoms with E-state index < -0.39 is 0 Å². The van der Waals surface area contributed by atoms with Crippen molar-refractivity contribution in [1.82, 2.24) is 20.1 Å². The van der Waals surface area contributed by atoms with Crippen molar-refractivity contribution >= 4 is 33.4 Å². The molecule has 2 N–H and O–H groups in total. The second-order valence-corrected chi connectivity index (χ2v) is 6.49. The summed E-state index contributed by atoms with van der Waals surface area (Å²) < 4.78 is 6.42. The van der Waals surface area contributed by atoms with E-state index in [0.29, 0.717) is 5.95 Å². The van der Waals surface area contributed by atoms with E-state index >= 15 is 0 Å². The number of morpholine rings is 1. The highest BCUT2D eigenvalue weighted by atomic mass is 79.9. The number of rotatable bonds is 6. The van der Waals surface area contributed by atoms with Crippen LogP contribution in [0.4, 0.5) is 17.5 Å². The molecule has 1 aliphatic heterocycles. The van der Waals surface area contributed by atoms with Gasteiger partial charge in [0.2, 0.25) is 5.95 Å². The van der Waals surface area contributed by atoms with E-state index in [1.807, 2.05) is 25.1 Å². The minimum absolute atomic E-state index is 0.480. The first-order chi connectivity index (χ1) is 11.7. The van der Waals surface area contributed by atoms with Crippen LogP contribution in [0.15, 0.2) is 28.9 Å². The lowest BCUT2D eigenvalue weighted by Crippen LogP contribution is -2.39. The molecule has 1 aromatic carbocycles. The van der Waals surface area contributed by atoms with Gasteiger partial charge in [0.25, 0.3) is 0 Å². The standard InChI is InChI=1S/C16H21BrN6O/c1-12-10-13(2-3-14(12)17)20-16-21-15(11-19-22-16)18-4-5-23-6-8-24-9-7-23/h2-3,10-11H,4-9H2,1H3,(H2,18,20,21,22). The van der Waals surface area contributed by atoms with Gasteiger partial charge in [-0.3, -0.25) is 4.90 Å². The first-order valence-corrected chi connectivity index (χ1v) is 8.77. The van der Waals surface area contributed by atoms with Crippen LogP contribution in [0.1, 0.15) is 5.56 Å². The van der Waals surface area contributed by atoms with Crippen LogP contribution in [0.3, 0.4) is 0 Å². The van der Waals surface area contributed by atoms with Crippen molar-refractivity contribution in [2.75, 3.05) is 50.0 Å². The van der Waals surface area contributed by atoms with Gasteiger partial charge in [0.05, 0.1) is 19.4 Å². The Labute approximate surface area is 150 Å². The number of hydrogen-bond acceptors (Lipinski definition) is 7. The van der Waals surface area contributed by atoms with E-state index in [9.17, 15) is 0 Å². The van der Waals surface area contributed by atoms with Crippen LogP contribution in [-0.4, -0.2) is 59.5 Å². The number of anilines is 3. The number of nitrogens with zero attached hydrogens (tertiary/aromatic N) is 4. The van der Waals surface area contributed by atoms with Crippen LogP contribution < -0.4 is 10.6 Å². The van der Waals surface area contributed by atoms with Gasteiger partial charge in [-0.15, -0.1) is 5.10 Å². The number of halogens is 1. The summed E-state index contributed by atoms with van der Waals surface area (Å²) in [6.45, 7) is 7.42. The maximum absolute atomic E-state index is 5.35. The Balaban J connectivity index is 1.54. The molecule has 0 amide bonds. The highest BCUT2D eigenvalue weighted by Crippen LogP contribution is 2.21. The first kappa shape index (κ1) is 17.1. The van der Waals surface area contributed by atoms with Crippen LogP contribution in [0.5, 0.6) is 0 Å². The summed E-state index contributed by atoms with van der Waals surface area (Å²) in [5.74, 6) is 1.20. The molecule has 3 rings (SSSR count). The number of aromatic nitrogens is 3. The van der Waals surface area contributed by atoms with Crippen molar-refractivity contribution in [3.05, 3.63) is 34.4 Å². The Morgan fingerprint density at radius 1 is 1.29 bits per heavy atom. The Morgan fingerprint density at radius 2 is 2.12 bits per heavy atom. The van der Waals surface area contributed by atoms with Gasteiger partial charge in [0, 0.05) is 36.3 Å². The van der Waals surface area contributed by atoms with Gasteiger partial charge >= 0.3 is 0 Å². The second-order valence-electron chi connectivity index (χ2n) is 5.63. The summed E-state index contributed by atoms with van der Waals surface area (Å²) in [5, 5.41) is 14.5. The van der Waals surface area contributed by atoms with Crippen molar-refractivity contribution in [2.45, 2.75) is 6.92 Å². The molecule has 0 spiro atoms. The Morgan fingerprint density at radius 3 is 2.92 bits per heavy atom. The van der Waals surface area contributed by atoms with Gasteiger partial charge < -0.3 is 15.4 Å². The molecule has 128 valence electrons. The van der Waals surface area contributed by atoms with E-state index in [1.165, 1.54) is 0 Å². The zero-order chi connectivity index (χ0) is 16.8. The minimum atomic E-state index is 0.480. The molecule has 0 unspecified atom stereocenters. The molecule has 1 aromatic heterocycles. The SMILES string of the molecule is Cc1cc(Nc2nncc(NCCN3CCOCC3)n2)ccc1Br. The third-order valence-corrected chi connectivity index (χ3v) is 4.70. The lowest BCUT2D eigenvalue weighted by molar-refractivity contribution is 0.0398. The van der Waals surface area contributed by atoms with Gasteiger partial charge in [-0.2, -0.15) is 10.1 Å². The topological polar surface area (TPSA) is 75.2 Å². The van der Waals surface area contributed by atoms with Crippen LogP contribution in [0, 0.1) is 6.92 Å². The summed E-state index contributed by atoms with van der Waals surface area (Å²) in [6, 6.07) is 6.00. The Bertz CT molecular complexity index is 677. The molecule has 0 radical (unpaired) electrons. The number of benzene rings is 1. The van der Waals surface area contributed by atoms with Crippen molar-refractivity contribution < 1.29 is 4.74 Å². The fourth-order valence-electron chi connectivity index (χ4n) is 2.46. The predicted molar refractivity (Wildman–Crippen MR) is 97.7 cm³/mol. The average Bonchev–Trinajstić information content (AvgIpc) is 2.60. The molecule has 24 heavy (non-hydrogen) atoms. The number of hydrogen-bond donors (Lipinski definition) is 2. The van der Waals surface area contributed by atoms with E-state index in [1.54, 1.807) is 6.20 Å². The van der Waals surface area contributed by atoms with Crippen molar-refractivity contribution in [3.8, 4) is 0 Å². The summed E-state index contributed by atoms with van der Waals surface area (Å²) >= 11 is 3.49. The number of nitrogens with one attached hydrogen (secondary N) is 2. The quantitative estimate of drug-likeness (QED) is 0.781. The fraction of sp³-hybridized carbons (Fsp3) is 0.438. The zero-order valence-corrected chi connectivity index (χ0v) is 15.2. The van der Waals surface area contributed by atoms with Crippen LogP contribution in [-0.2, 0) is 4.74 Å². The molecule has 7 nitrogen and oxygen atoms in total. The van der Waals surface area contributed by atoms with Crippen molar-refractivity contribution in [1.29, 1.82) is 0 Å². The lowest BCUT2D eigenvalue weighted by Gasteiger charge is -2.26. The fourth-order valence-corrected chi connectivity index (χ4v) is 2.71. The highest BCUT2D eigenvalue weighted by molar-refractivity contribution is 9.10. The normalized spacial score (nSPS) is 15.2. The summed E-state index contributed by atoms with van der Waals surface area (Å²) in [6.07, 6.45) is 1.64. The smallest absolute Gasteiger partial charge is 0.249 e. The van der Waals surface area contributed by atoms with E-state index in [4.69, 9.17) is 4.74 Å². The Hall–Kier alpha value is -1.77. The van der Waals surface area contributed by atoms with Gasteiger partial charge in [0.15, 0.2) is 5.82 Å². The number of aryl methyl sites for hydroxylation is 1. The molecule has 1 saturated heterocycles. The molecular formula is C16H21BrN6O. The summed E-state index contributed by atoms with van der Waals surface area (Å²) in [7, 11) is 0. The lowest BCUT2D eigenvalue weighted by atomic mass is 10.2. The van der Waals surface area contributed by atoms with Gasteiger partial charge in [0.1, 0.15) is 0 Å². The largest absolute Gasteiger partial charge is 0.379 e. The molecule has 0 atom stereocenters. The van der Waals surface area contributed by atoms with Gasteiger partial charge in [-0.25, -0.2) is 0 Å². The molecule has 0 bridgehead atoms. The maximum Gasteiger partial charge on any atom is 0.249 e. The zero-order valence-electron chi connectivity index (χ0n) is 13.6. The van der Waals surface area contributed by atoms with E-state index in [0.717, 1.165) is 60.9 Å². The van der Waals surface area contributed by atoms with E-state index in [-0.39, 0.29) is 0 Å². The third kappa shape index (κ3) is 4.86. The first-order valence-electron chi connectivity index (χ1n) is 7.97. The second kappa shape index (κ2) is 8.36. The highest BCUT2D eigenvalue weighted by Gasteiger charge is 2.09. The van der Waals surface area contributed by atoms with Crippen molar-refractivity contribution in [2.24, 2.45) is 0 Å². The molecule has 2 aromatic rings. The third-order valence-electron chi connectivity index (χ3n) is 3.81. The predicted octanol–water partition coefficient (Wildman–Crippen LogP) is 2.43. The van der Waals surface area contributed by atoms with Gasteiger partial charge in [-0.05, 0) is 30.7 Å². The molecule has 0 saturated carbocycles. The van der Waals surface area contributed by atoms with Crippen LogP contribution in [0.25, 0.3) is 0 Å². The van der Waals surface area contributed by atoms with Gasteiger partial charge in [-0.1, -0.05) is 15.9 Å².